The van der Waals surface area contributed by atoms with Gasteiger partial charge in [-0.1, -0.05) is 63.2 Å². The van der Waals surface area contributed by atoms with Crippen LogP contribution >= 0.6 is 11.8 Å². The first-order chi connectivity index (χ1) is 17.9. The Morgan fingerprint density at radius 3 is 2.21 bits per heavy atom. The van der Waals surface area contributed by atoms with E-state index in [0.29, 0.717) is 11.5 Å². The molecule has 0 heterocycles. The summed E-state index contributed by atoms with van der Waals surface area (Å²) in [6, 6.07) is 15.6. The van der Waals surface area contributed by atoms with Gasteiger partial charge in [0.25, 0.3) is 10.1 Å². The topological polar surface area (TPSA) is 117 Å². The minimum atomic E-state index is -3.91. The predicted molar refractivity (Wildman–Crippen MR) is 147 cm³/mol. The van der Waals surface area contributed by atoms with Gasteiger partial charge in [-0.15, -0.1) is 11.8 Å². The number of methoxy groups -OCH3 is 2. The summed E-state index contributed by atoms with van der Waals surface area (Å²) in [7, 11) is -1.09. The third kappa shape index (κ3) is 11.7. The van der Waals surface area contributed by atoms with Gasteiger partial charge in [0.2, 0.25) is 0 Å². The lowest BCUT2D eigenvalue weighted by Gasteiger charge is -2.26. The number of rotatable bonds is 14. The van der Waals surface area contributed by atoms with Crippen molar-refractivity contribution in [1.82, 2.24) is 5.32 Å². The van der Waals surface area contributed by atoms with Gasteiger partial charge in [0.15, 0.2) is 0 Å². The number of hydrogen-bond donors (Lipinski definition) is 1. The Morgan fingerprint density at radius 2 is 1.63 bits per heavy atom. The fourth-order valence-electron chi connectivity index (χ4n) is 3.18. The predicted octanol–water partition coefficient (Wildman–Crippen LogP) is 4.55. The normalized spacial score (nSPS) is 13.3. The Labute approximate surface area is 229 Å². The summed E-state index contributed by atoms with van der Waals surface area (Å²) in [4.78, 5) is 25.5. The molecule has 0 bridgehead atoms. The zero-order chi connectivity index (χ0) is 28.2. The van der Waals surface area contributed by atoms with Crippen LogP contribution in [0.2, 0.25) is 0 Å². The average Bonchev–Trinajstić information content (AvgIpc) is 2.89. The number of thioether (sulfide) groups is 1. The Morgan fingerprint density at radius 1 is 0.974 bits per heavy atom. The molecule has 9 nitrogen and oxygen atoms in total. The Bertz CT molecular complexity index is 1120. The summed E-state index contributed by atoms with van der Waals surface area (Å²) in [6.45, 7) is 5.61. The molecular weight excluding hydrogens is 530 g/mol. The molecule has 1 amide bonds. The fourth-order valence-corrected chi connectivity index (χ4v) is 5.61. The monoisotopic (exact) mass is 567 g/mol. The van der Waals surface area contributed by atoms with Crippen LogP contribution in [0.3, 0.4) is 0 Å². The maximum absolute atomic E-state index is 12.8. The van der Waals surface area contributed by atoms with Crippen LogP contribution in [-0.4, -0.2) is 58.4 Å². The van der Waals surface area contributed by atoms with Crippen LogP contribution in [0.25, 0.3) is 0 Å². The van der Waals surface area contributed by atoms with E-state index in [1.807, 2.05) is 63.2 Å². The molecule has 0 aliphatic rings. The van der Waals surface area contributed by atoms with Crippen LogP contribution < -0.4 is 10.1 Å². The smallest absolute Gasteiger partial charge is 0.407 e. The van der Waals surface area contributed by atoms with Crippen molar-refractivity contribution < 1.29 is 36.4 Å². The van der Waals surface area contributed by atoms with Gasteiger partial charge in [0.05, 0.1) is 32.6 Å². The fraction of sp³-hybridized carbons (Fsp3) is 0.481. The van der Waals surface area contributed by atoms with Gasteiger partial charge < -0.3 is 19.5 Å². The van der Waals surface area contributed by atoms with Crippen LogP contribution in [-0.2, 0) is 40.9 Å². The van der Waals surface area contributed by atoms with Crippen LogP contribution in [0.15, 0.2) is 54.6 Å². The van der Waals surface area contributed by atoms with Gasteiger partial charge in [-0.05, 0) is 35.1 Å². The van der Waals surface area contributed by atoms with Crippen LogP contribution in [0.1, 0.15) is 38.3 Å². The highest BCUT2D eigenvalue weighted by Gasteiger charge is 2.33. The number of esters is 1. The molecule has 1 N–H and O–H groups in total. The zero-order valence-electron chi connectivity index (χ0n) is 22.5. The molecule has 0 spiro atoms. The van der Waals surface area contributed by atoms with Crippen molar-refractivity contribution in [2.45, 2.75) is 50.8 Å². The van der Waals surface area contributed by atoms with Crippen molar-refractivity contribution in [3.63, 3.8) is 0 Å². The summed E-state index contributed by atoms with van der Waals surface area (Å²) in [5.41, 5.74) is 1.35. The van der Waals surface area contributed by atoms with E-state index >= 15 is 0 Å². The van der Waals surface area contributed by atoms with E-state index in [4.69, 9.17) is 18.4 Å². The number of benzene rings is 2. The minimum absolute atomic E-state index is 0.0131. The summed E-state index contributed by atoms with van der Waals surface area (Å²) < 4.78 is 45.8. The van der Waals surface area contributed by atoms with Crippen LogP contribution in [0, 0.1) is 5.41 Å². The van der Waals surface area contributed by atoms with E-state index in [-0.39, 0.29) is 25.0 Å². The molecule has 0 aliphatic carbocycles. The first-order valence-corrected chi connectivity index (χ1v) is 14.7. The van der Waals surface area contributed by atoms with Crippen LogP contribution in [0.5, 0.6) is 5.75 Å². The van der Waals surface area contributed by atoms with Gasteiger partial charge in [0.1, 0.15) is 17.6 Å². The molecule has 38 heavy (non-hydrogen) atoms. The van der Waals surface area contributed by atoms with E-state index in [2.05, 4.69) is 5.32 Å². The number of amides is 1. The van der Waals surface area contributed by atoms with Gasteiger partial charge in [0, 0.05) is 5.75 Å². The van der Waals surface area contributed by atoms with Crippen molar-refractivity contribution in [3.8, 4) is 5.75 Å². The highest BCUT2D eigenvalue weighted by Crippen LogP contribution is 2.25. The minimum Gasteiger partial charge on any atom is -0.497 e. The summed E-state index contributed by atoms with van der Waals surface area (Å²) >= 11 is 1.23. The Balaban J connectivity index is 2.17. The van der Waals surface area contributed by atoms with Crippen LogP contribution in [0.4, 0.5) is 4.79 Å². The molecule has 11 heteroatoms. The van der Waals surface area contributed by atoms with Gasteiger partial charge in [-0.3, -0.25) is 8.98 Å². The first kappa shape index (κ1) is 31.5. The highest BCUT2D eigenvalue weighted by molar-refractivity contribution is 7.99. The van der Waals surface area contributed by atoms with Gasteiger partial charge in [-0.25, -0.2) is 4.79 Å². The molecule has 0 saturated carbocycles. The average molecular weight is 568 g/mol. The molecule has 0 radical (unpaired) electrons. The van der Waals surface area contributed by atoms with Crippen molar-refractivity contribution in [3.05, 3.63) is 65.7 Å². The SMILES string of the molecule is COC(=O)C(SCc1ccc(OC)cc1)C(CCS(=O)(=O)OCC(C)(C)C)NC(=O)OCc1ccccc1. The highest BCUT2D eigenvalue weighted by atomic mass is 32.2. The quantitative estimate of drug-likeness (QED) is 0.259. The van der Waals surface area contributed by atoms with E-state index in [1.54, 1.807) is 19.2 Å². The largest absolute Gasteiger partial charge is 0.497 e. The molecule has 0 aromatic heterocycles. The molecular formula is C27H37NO8S2. The summed E-state index contributed by atoms with van der Waals surface area (Å²) in [5.74, 6) is 0.117. The Kier molecular flexibility index (Phi) is 12.4. The van der Waals surface area contributed by atoms with E-state index in [0.717, 1.165) is 11.1 Å². The number of hydrogen-bond acceptors (Lipinski definition) is 9. The first-order valence-electron chi connectivity index (χ1n) is 12.1. The Hall–Kier alpha value is -2.76. The molecule has 2 atom stereocenters. The molecule has 210 valence electrons. The second-order valence-electron chi connectivity index (χ2n) is 9.79. The number of carbonyl (C=O) groups is 2. The molecule has 2 aromatic rings. The number of alkyl carbamates (subject to hydrolysis) is 1. The number of nitrogens with one attached hydrogen (secondary N) is 1. The molecule has 2 unspecified atom stereocenters. The third-order valence-electron chi connectivity index (χ3n) is 5.25. The maximum Gasteiger partial charge on any atom is 0.407 e. The molecule has 0 aliphatic heterocycles. The van der Waals surface area contributed by atoms with Crippen molar-refractivity contribution in [2.24, 2.45) is 5.41 Å². The lowest BCUT2D eigenvalue weighted by molar-refractivity contribution is -0.140. The van der Waals surface area contributed by atoms with Crippen molar-refractivity contribution in [2.75, 3.05) is 26.6 Å². The second-order valence-corrected chi connectivity index (χ2v) is 12.7. The molecule has 0 fully saturated rings. The molecule has 0 saturated heterocycles. The second kappa shape index (κ2) is 15.0. The lowest BCUT2D eigenvalue weighted by Crippen LogP contribution is -2.47. The molecule has 2 aromatic carbocycles. The van der Waals surface area contributed by atoms with Crippen molar-refractivity contribution >= 4 is 33.9 Å². The lowest BCUT2D eigenvalue weighted by atomic mass is 9.99. The summed E-state index contributed by atoms with van der Waals surface area (Å²) in [6.07, 6.45) is -0.853. The number of carbonyl (C=O) groups excluding carboxylic acids is 2. The van der Waals surface area contributed by atoms with Gasteiger partial charge >= 0.3 is 12.1 Å². The van der Waals surface area contributed by atoms with Gasteiger partial charge in [-0.2, -0.15) is 8.42 Å². The summed E-state index contributed by atoms with van der Waals surface area (Å²) in [5, 5.41) is 1.78. The number of ether oxygens (including phenoxy) is 3. The maximum atomic E-state index is 12.8. The van der Waals surface area contributed by atoms with Crippen molar-refractivity contribution in [1.29, 1.82) is 0 Å². The van der Waals surface area contributed by atoms with E-state index in [1.165, 1.54) is 18.9 Å². The molecule has 2 rings (SSSR count). The van der Waals surface area contributed by atoms with E-state index < -0.39 is 39.2 Å². The standard InChI is InChI=1S/C27H37NO8S2/c1-27(2,3)19-36-38(31,32)16-15-23(28-26(30)35-17-20-9-7-6-8-10-20)24(25(29)34-5)37-18-21-11-13-22(33-4)14-12-21/h6-14,23-24H,15-19H2,1-5H3,(H,28,30). The van der Waals surface area contributed by atoms with E-state index in [9.17, 15) is 18.0 Å². The zero-order valence-corrected chi connectivity index (χ0v) is 24.1. The third-order valence-corrected chi connectivity index (χ3v) is 7.85.